The maximum Gasteiger partial charge on any atom is 0.414 e. The van der Waals surface area contributed by atoms with Crippen LogP contribution >= 0.6 is 0 Å². The smallest absolute Gasteiger partial charge is 0.383 e. The van der Waals surface area contributed by atoms with Crippen LogP contribution in [-0.2, 0) is 0 Å². The Balaban J connectivity index is 1.56. The molecule has 1 aliphatic carbocycles. The van der Waals surface area contributed by atoms with Crippen molar-refractivity contribution in [1.29, 1.82) is 0 Å². The number of alkyl halides is 3. The number of rotatable bonds is 4. The number of likely N-dealkylation sites (tertiary alicyclic amines) is 1. The minimum Gasteiger partial charge on any atom is -0.383 e. The van der Waals surface area contributed by atoms with Gasteiger partial charge in [-0.25, -0.2) is 0 Å². The van der Waals surface area contributed by atoms with Gasteiger partial charge in [0.2, 0.25) is 5.89 Å². The fraction of sp³-hybridized carbons (Fsp3) is 0.857. The van der Waals surface area contributed by atoms with Crippen LogP contribution in [-0.4, -0.2) is 45.5 Å². The third-order valence-electron chi connectivity index (χ3n) is 4.66. The summed E-state index contributed by atoms with van der Waals surface area (Å²) in [6.45, 7) is 2.89. The summed E-state index contributed by atoms with van der Waals surface area (Å²) in [5.74, 6) is 0.950. The van der Waals surface area contributed by atoms with Crippen molar-refractivity contribution in [3.8, 4) is 0 Å². The second-order valence-electron chi connectivity index (χ2n) is 6.30. The summed E-state index contributed by atoms with van der Waals surface area (Å²) in [6, 6.07) is -0.107. The molecular weight excluding hydrogens is 299 g/mol. The van der Waals surface area contributed by atoms with Gasteiger partial charge in [0, 0.05) is 5.92 Å². The van der Waals surface area contributed by atoms with Gasteiger partial charge in [-0.2, -0.15) is 18.2 Å². The molecule has 1 aliphatic heterocycles. The van der Waals surface area contributed by atoms with Crippen molar-refractivity contribution in [1.82, 2.24) is 15.0 Å². The fourth-order valence-electron chi connectivity index (χ4n) is 2.97. The largest absolute Gasteiger partial charge is 0.414 e. The van der Waals surface area contributed by atoms with Crippen LogP contribution in [0.3, 0.4) is 0 Å². The SMILES string of the molecule is CC(c1nc(C2CC2)no1)N1CCC(C(O)C(F)(F)F)CC1. The standard InChI is InChI=1S/C14H20F3N3O2/c1-8(13-18-12(19-22-13)10-2-3-10)20-6-4-9(5-7-20)11(21)14(15,16)17/h8-11,21H,2-7H2,1H3. The summed E-state index contributed by atoms with van der Waals surface area (Å²) in [7, 11) is 0. The van der Waals surface area contributed by atoms with Gasteiger partial charge in [0.15, 0.2) is 11.9 Å². The molecule has 0 bridgehead atoms. The Morgan fingerprint density at radius 1 is 1.23 bits per heavy atom. The Hall–Kier alpha value is -1.15. The summed E-state index contributed by atoms with van der Waals surface area (Å²) in [5.41, 5.74) is 0. The molecule has 2 atom stereocenters. The van der Waals surface area contributed by atoms with Gasteiger partial charge < -0.3 is 9.63 Å². The van der Waals surface area contributed by atoms with E-state index >= 15 is 0 Å². The summed E-state index contributed by atoms with van der Waals surface area (Å²) < 4.78 is 42.9. The number of piperidine rings is 1. The van der Waals surface area contributed by atoms with Crippen molar-refractivity contribution in [2.24, 2.45) is 5.92 Å². The molecule has 2 aliphatic rings. The minimum absolute atomic E-state index is 0.107. The van der Waals surface area contributed by atoms with Gasteiger partial charge in [-0.3, -0.25) is 4.90 Å². The lowest BCUT2D eigenvalue weighted by molar-refractivity contribution is -0.223. The maximum absolute atomic E-state index is 12.5. The normalized spacial score (nSPS) is 24.4. The van der Waals surface area contributed by atoms with Crippen molar-refractivity contribution in [2.45, 2.75) is 56.8 Å². The first-order chi connectivity index (χ1) is 10.4. The van der Waals surface area contributed by atoms with Gasteiger partial charge in [-0.1, -0.05) is 5.16 Å². The molecule has 5 nitrogen and oxygen atoms in total. The molecule has 22 heavy (non-hydrogen) atoms. The number of aromatic nitrogens is 2. The highest BCUT2D eigenvalue weighted by molar-refractivity contribution is 5.05. The van der Waals surface area contributed by atoms with E-state index in [0.29, 0.717) is 37.7 Å². The lowest BCUT2D eigenvalue weighted by Gasteiger charge is -2.36. The van der Waals surface area contributed by atoms with Crippen molar-refractivity contribution in [3.63, 3.8) is 0 Å². The Kier molecular flexibility index (Phi) is 4.15. The third kappa shape index (κ3) is 3.27. The van der Waals surface area contributed by atoms with Gasteiger partial charge in [-0.15, -0.1) is 0 Å². The molecule has 2 unspecified atom stereocenters. The molecule has 1 saturated heterocycles. The van der Waals surface area contributed by atoms with E-state index in [0.717, 1.165) is 18.7 Å². The number of aliphatic hydroxyl groups is 1. The molecule has 124 valence electrons. The van der Waals surface area contributed by atoms with E-state index in [1.807, 2.05) is 11.8 Å². The zero-order valence-corrected chi connectivity index (χ0v) is 12.4. The first-order valence-corrected chi connectivity index (χ1v) is 7.68. The van der Waals surface area contributed by atoms with E-state index in [9.17, 15) is 18.3 Å². The van der Waals surface area contributed by atoms with Crippen LogP contribution in [0.1, 0.15) is 56.3 Å². The van der Waals surface area contributed by atoms with Crippen LogP contribution in [0.25, 0.3) is 0 Å². The molecule has 1 aromatic heterocycles. The van der Waals surface area contributed by atoms with E-state index in [1.165, 1.54) is 0 Å². The first kappa shape index (κ1) is 15.7. The number of nitrogens with zero attached hydrogens (tertiary/aromatic N) is 3. The molecule has 0 amide bonds. The van der Waals surface area contributed by atoms with Crippen molar-refractivity contribution < 1.29 is 22.8 Å². The molecule has 1 saturated carbocycles. The zero-order valence-electron chi connectivity index (χ0n) is 12.4. The first-order valence-electron chi connectivity index (χ1n) is 7.68. The van der Waals surface area contributed by atoms with Crippen LogP contribution in [0.4, 0.5) is 13.2 Å². The van der Waals surface area contributed by atoms with Gasteiger partial charge in [-0.05, 0) is 51.6 Å². The van der Waals surface area contributed by atoms with Crippen molar-refractivity contribution in [3.05, 3.63) is 11.7 Å². The number of halogens is 3. The number of hydrogen-bond donors (Lipinski definition) is 1. The Labute approximate surface area is 126 Å². The van der Waals surface area contributed by atoms with Crippen LogP contribution in [0.15, 0.2) is 4.52 Å². The zero-order chi connectivity index (χ0) is 15.9. The predicted molar refractivity (Wildman–Crippen MR) is 71.0 cm³/mol. The molecule has 0 spiro atoms. The van der Waals surface area contributed by atoms with E-state index in [4.69, 9.17) is 4.52 Å². The quantitative estimate of drug-likeness (QED) is 0.924. The van der Waals surface area contributed by atoms with Crippen molar-refractivity contribution >= 4 is 0 Å². The average Bonchev–Trinajstić information content (AvgIpc) is 3.22. The molecular formula is C14H20F3N3O2. The van der Waals surface area contributed by atoms with Gasteiger partial charge in [0.05, 0.1) is 6.04 Å². The monoisotopic (exact) mass is 319 g/mol. The van der Waals surface area contributed by atoms with E-state index < -0.39 is 18.2 Å². The molecule has 2 fully saturated rings. The van der Waals surface area contributed by atoms with Crippen molar-refractivity contribution in [2.75, 3.05) is 13.1 Å². The Morgan fingerprint density at radius 2 is 1.86 bits per heavy atom. The molecule has 0 aromatic carbocycles. The molecule has 3 rings (SSSR count). The number of aliphatic hydroxyl groups excluding tert-OH is 1. The Bertz CT molecular complexity index is 508. The van der Waals surface area contributed by atoms with E-state index in [-0.39, 0.29) is 6.04 Å². The highest BCUT2D eigenvalue weighted by Gasteiger charge is 2.44. The lowest BCUT2D eigenvalue weighted by atomic mass is 9.90. The average molecular weight is 319 g/mol. The van der Waals surface area contributed by atoms with E-state index in [2.05, 4.69) is 10.1 Å². The highest BCUT2D eigenvalue weighted by Crippen LogP contribution is 2.39. The predicted octanol–water partition coefficient (Wildman–Crippen LogP) is 2.64. The number of hydrogen-bond acceptors (Lipinski definition) is 5. The second-order valence-corrected chi connectivity index (χ2v) is 6.30. The second kappa shape index (κ2) is 5.81. The van der Waals surface area contributed by atoms with E-state index in [1.54, 1.807) is 0 Å². The molecule has 0 radical (unpaired) electrons. The minimum atomic E-state index is -4.54. The van der Waals surface area contributed by atoms with Gasteiger partial charge >= 0.3 is 6.18 Å². The molecule has 8 heteroatoms. The van der Waals surface area contributed by atoms with Crippen LogP contribution in [0.2, 0.25) is 0 Å². The summed E-state index contributed by atoms with van der Waals surface area (Å²) in [4.78, 5) is 6.42. The molecule has 2 heterocycles. The van der Waals surface area contributed by atoms with Gasteiger partial charge in [0.25, 0.3) is 0 Å². The summed E-state index contributed by atoms with van der Waals surface area (Å²) in [6.07, 6.45) is -3.95. The Morgan fingerprint density at radius 3 is 2.41 bits per heavy atom. The topological polar surface area (TPSA) is 62.4 Å². The molecule has 1 aromatic rings. The third-order valence-corrected chi connectivity index (χ3v) is 4.66. The molecule has 1 N–H and O–H groups in total. The highest BCUT2D eigenvalue weighted by atomic mass is 19.4. The fourth-order valence-corrected chi connectivity index (χ4v) is 2.97. The van der Waals surface area contributed by atoms with Gasteiger partial charge in [0.1, 0.15) is 0 Å². The van der Waals surface area contributed by atoms with Crippen LogP contribution in [0, 0.1) is 5.92 Å². The van der Waals surface area contributed by atoms with Crippen LogP contribution < -0.4 is 0 Å². The lowest BCUT2D eigenvalue weighted by Crippen LogP contribution is -2.44. The summed E-state index contributed by atoms with van der Waals surface area (Å²) >= 11 is 0. The maximum atomic E-state index is 12.5. The summed E-state index contributed by atoms with van der Waals surface area (Å²) in [5, 5.41) is 13.3. The van der Waals surface area contributed by atoms with Crippen LogP contribution in [0.5, 0.6) is 0 Å².